The third-order valence-electron chi connectivity index (χ3n) is 2.80. The number of carboxylic acid groups (broad SMARTS) is 1. The number of hydrogen-bond donors (Lipinski definition) is 2. The van der Waals surface area contributed by atoms with Crippen LogP contribution in [0.1, 0.15) is 23.0 Å². The lowest BCUT2D eigenvalue weighted by atomic mass is 10.2. The minimum absolute atomic E-state index is 0.162. The van der Waals surface area contributed by atoms with Gasteiger partial charge < -0.3 is 10.4 Å². The molecule has 0 spiro atoms. The van der Waals surface area contributed by atoms with Gasteiger partial charge in [-0.3, -0.25) is 9.78 Å². The van der Waals surface area contributed by atoms with Crippen molar-refractivity contribution in [1.29, 1.82) is 0 Å². The molecule has 0 atom stereocenters. The van der Waals surface area contributed by atoms with E-state index in [1.165, 1.54) is 6.07 Å². The van der Waals surface area contributed by atoms with Gasteiger partial charge in [-0.1, -0.05) is 0 Å². The molecule has 2 rings (SSSR count). The number of rotatable bonds is 4. The Hall–Kier alpha value is -2.70. The zero-order valence-corrected chi connectivity index (χ0v) is 11.1. The van der Waals surface area contributed by atoms with Gasteiger partial charge in [-0.2, -0.15) is 5.10 Å². The lowest BCUT2D eigenvalue weighted by molar-refractivity contribution is 0.0687. The highest BCUT2D eigenvalue weighted by molar-refractivity contribution is 5.86. The van der Waals surface area contributed by atoms with Crippen LogP contribution in [0.3, 0.4) is 0 Å². The molecule has 2 N–H and O–H groups in total. The van der Waals surface area contributed by atoms with E-state index >= 15 is 0 Å². The zero-order chi connectivity index (χ0) is 14.7. The number of carbonyl (C=O) groups is 1. The zero-order valence-electron chi connectivity index (χ0n) is 11.1. The molecule has 2 aromatic heterocycles. The average Bonchev–Trinajstić information content (AvgIpc) is 2.43. The summed E-state index contributed by atoms with van der Waals surface area (Å²) in [5.41, 5.74) is 1.15. The molecule has 0 aliphatic rings. The number of aryl methyl sites for hydroxylation is 2. The van der Waals surface area contributed by atoms with Gasteiger partial charge in [0.25, 0.3) is 5.56 Å². The van der Waals surface area contributed by atoms with Gasteiger partial charge in [-0.05, 0) is 25.5 Å². The Morgan fingerprint density at radius 3 is 2.80 bits per heavy atom. The lowest BCUT2D eigenvalue weighted by Crippen LogP contribution is -2.26. The van der Waals surface area contributed by atoms with Crippen LogP contribution < -0.4 is 10.9 Å². The third kappa shape index (κ3) is 2.66. The van der Waals surface area contributed by atoms with Crippen molar-refractivity contribution < 1.29 is 9.90 Å². The highest BCUT2D eigenvalue weighted by Crippen LogP contribution is 2.16. The molecule has 0 fully saturated rings. The fourth-order valence-corrected chi connectivity index (χ4v) is 1.69. The van der Waals surface area contributed by atoms with Gasteiger partial charge in [-0.25, -0.2) is 9.48 Å². The largest absolute Gasteiger partial charge is 0.476 e. The van der Waals surface area contributed by atoms with Crippen LogP contribution in [0.4, 0.5) is 11.4 Å². The predicted molar refractivity (Wildman–Crippen MR) is 73.4 cm³/mol. The van der Waals surface area contributed by atoms with Gasteiger partial charge in [0.05, 0.1) is 11.9 Å². The molecule has 0 aliphatic heterocycles. The highest BCUT2D eigenvalue weighted by atomic mass is 16.4. The second kappa shape index (κ2) is 5.52. The van der Waals surface area contributed by atoms with Crippen molar-refractivity contribution >= 4 is 17.3 Å². The van der Waals surface area contributed by atoms with Crippen LogP contribution in [0.5, 0.6) is 0 Å². The molecule has 0 unspecified atom stereocenters. The summed E-state index contributed by atoms with van der Waals surface area (Å²) in [6.07, 6.45) is 3.21. The molecule has 7 heteroatoms. The SMILES string of the molecule is CCn1nc(C(=O)O)cc(Nc2cnccc2C)c1=O. The third-order valence-corrected chi connectivity index (χ3v) is 2.80. The molecule has 0 saturated heterocycles. The molecule has 0 aliphatic carbocycles. The highest BCUT2D eigenvalue weighted by Gasteiger charge is 2.13. The molecule has 0 amide bonds. The molecule has 0 radical (unpaired) electrons. The summed E-state index contributed by atoms with van der Waals surface area (Å²) in [5, 5.41) is 15.7. The Bertz CT molecular complexity index is 709. The fraction of sp³-hybridized carbons (Fsp3) is 0.231. The van der Waals surface area contributed by atoms with E-state index in [0.29, 0.717) is 12.2 Å². The number of aromatic nitrogens is 3. The van der Waals surface area contributed by atoms with Crippen molar-refractivity contribution in [2.24, 2.45) is 0 Å². The standard InChI is InChI=1S/C13H14N4O3/c1-3-17-12(18)9(6-10(16-17)13(19)20)15-11-7-14-5-4-8(11)2/h4-7,15H,3H2,1-2H3,(H,19,20). The Morgan fingerprint density at radius 1 is 1.45 bits per heavy atom. The second-order valence-corrected chi connectivity index (χ2v) is 4.18. The normalized spacial score (nSPS) is 10.3. The number of nitrogens with zero attached hydrogens (tertiary/aromatic N) is 3. The Balaban J connectivity index is 2.51. The summed E-state index contributed by atoms with van der Waals surface area (Å²) in [7, 11) is 0. The maximum atomic E-state index is 12.1. The molecule has 0 bridgehead atoms. The van der Waals surface area contributed by atoms with Crippen molar-refractivity contribution in [3.63, 3.8) is 0 Å². The van der Waals surface area contributed by atoms with E-state index in [4.69, 9.17) is 5.11 Å². The van der Waals surface area contributed by atoms with E-state index in [0.717, 1.165) is 10.2 Å². The first-order valence-corrected chi connectivity index (χ1v) is 6.06. The summed E-state index contributed by atoms with van der Waals surface area (Å²) in [6.45, 7) is 3.88. The predicted octanol–water partition coefficient (Wildman–Crippen LogP) is 1.41. The summed E-state index contributed by atoms with van der Waals surface area (Å²) in [5.74, 6) is -1.18. The quantitative estimate of drug-likeness (QED) is 0.874. The maximum absolute atomic E-state index is 12.1. The Labute approximate surface area is 114 Å². The second-order valence-electron chi connectivity index (χ2n) is 4.18. The van der Waals surface area contributed by atoms with E-state index in [-0.39, 0.29) is 16.9 Å². The topological polar surface area (TPSA) is 97.1 Å². The molecule has 20 heavy (non-hydrogen) atoms. The summed E-state index contributed by atoms with van der Waals surface area (Å²) in [6, 6.07) is 3.02. The van der Waals surface area contributed by atoms with E-state index < -0.39 is 5.97 Å². The van der Waals surface area contributed by atoms with Crippen LogP contribution in [0, 0.1) is 6.92 Å². The smallest absolute Gasteiger partial charge is 0.356 e. The molecule has 104 valence electrons. The minimum atomic E-state index is -1.18. The van der Waals surface area contributed by atoms with Crippen LogP contribution >= 0.6 is 0 Å². The average molecular weight is 274 g/mol. The van der Waals surface area contributed by atoms with E-state index in [9.17, 15) is 9.59 Å². The summed E-state index contributed by atoms with van der Waals surface area (Å²) >= 11 is 0. The number of aromatic carboxylic acids is 1. The first-order valence-electron chi connectivity index (χ1n) is 6.06. The van der Waals surface area contributed by atoms with Crippen LogP contribution in [-0.2, 0) is 6.54 Å². The van der Waals surface area contributed by atoms with Crippen molar-refractivity contribution in [2.45, 2.75) is 20.4 Å². The van der Waals surface area contributed by atoms with Gasteiger partial charge in [-0.15, -0.1) is 0 Å². The van der Waals surface area contributed by atoms with E-state index in [1.54, 1.807) is 25.4 Å². The van der Waals surface area contributed by atoms with Crippen LogP contribution in [-0.4, -0.2) is 25.8 Å². The first-order chi connectivity index (χ1) is 9.52. The summed E-state index contributed by atoms with van der Waals surface area (Å²) < 4.78 is 1.11. The molecule has 0 aromatic carbocycles. The molecule has 7 nitrogen and oxygen atoms in total. The number of anilines is 2. The van der Waals surface area contributed by atoms with Gasteiger partial charge in [0.1, 0.15) is 5.69 Å². The van der Waals surface area contributed by atoms with Crippen LogP contribution in [0.25, 0.3) is 0 Å². The number of pyridine rings is 1. The van der Waals surface area contributed by atoms with Crippen molar-refractivity contribution in [3.05, 3.63) is 46.1 Å². The van der Waals surface area contributed by atoms with Crippen molar-refractivity contribution in [3.8, 4) is 0 Å². The monoisotopic (exact) mass is 274 g/mol. The number of nitrogens with one attached hydrogen (secondary N) is 1. The van der Waals surface area contributed by atoms with Gasteiger partial charge in [0, 0.05) is 18.8 Å². The molecule has 2 heterocycles. The van der Waals surface area contributed by atoms with E-state index in [1.807, 2.05) is 6.92 Å². The molecular weight excluding hydrogens is 260 g/mol. The maximum Gasteiger partial charge on any atom is 0.356 e. The molecule has 2 aromatic rings. The Kier molecular flexibility index (Phi) is 3.79. The molecular formula is C13H14N4O3. The molecule has 0 saturated carbocycles. The fourth-order valence-electron chi connectivity index (χ4n) is 1.69. The minimum Gasteiger partial charge on any atom is -0.476 e. The van der Waals surface area contributed by atoms with Crippen molar-refractivity contribution in [2.75, 3.05) is 5.32 Å². The first kappa shape index (κ1) is 13.7. The van der Waals surface area contributed by atoms with Gasteiger partial charge in [0.2, 0.25) is 0 Å². The lowest BCUT2D eigenvalue weighted by Gasteiger charge is -2.10. The van der Waals surface area contributed by atoms with E-state index in [2.05, 4.69) is 15.4 Å². The van der Waals surface area contributed by atoms with Crippen LogP contribution in [0.15, 0.2) is 29.3 Å². The van der Waals surface area contributed by atoms with Crippen molar-refractivity contribution in [1.82, 2.24) is 14.8 Å². The number of hydrogen-bond acceptors (Lipinski definition) is 5. The van der Waals surface area contributed by atoms with Gasteiger partial charge >= 0.3 is 5.97 Å². The Morgan fingerprint density at radius 2 is 2.20 bits per heavy atom. The summed E-state index contributed by atoms with van der Waals surface area (Å²) in [4.78, 5) is 27.1. The number of carboxylic acids is 1. The van der Waals surface area contributed by atoms with Gasteiger partial charge in [0.15, 0.2) is 5.69 Å². The van der Waals surface area contributed by atoms with Crippen LogP contribution in [0.2, 0.25) is 0 Å².